The fourth-order valence-electron chi connectivity index (χ4n) is 3.53. The van der Waals surface area contributed by atoms with Crippen LogP contribution in [0.3, 0.4) is 0 Å². The van der Waals surface area contributed by atoms with Crippen LogP contribution in [0.15, 0.2) is 12.1 Å². The molecule has 2 aromatic heterocycles. The van der Waals surface area contributed by atoms with Crippen molar-refractivity contribution >= 4 is 39.8 Å². The minimum absolute atomic E-state index is 0.0410. The van der Waals surface area contributed by atoms with Crippen LogP contribution in [0.4, 0.5) is 9.93 Å². The molecule has 7 nitrogen and oxygen atoms in total. The molecule has 2 aliphatic carbocycles. The number of aryl methyl sites for hydroxylation is 1. The van der Waals surface area contributed by atoms with E-state index in [1.54, 1.807) is 0 Å². The van der Waals surface area contributed by atoms with Gasteiger partial charge in [-0.2, -0.15) is 0 Å². The Kier molecular flexibility index (Phi) is 5.37. The normalized spacial score (nSPS) is 22.1. The van der Waals surface area contributed by atoms with Gasteiger partial charge in [0.1, 0.15) is 11.1 Å². The summed E-state index contributed by atoms with van der Waals surface area (Å²) in [6.45, 7) is 8.19. The third-order valence-corrected chi connectivity index (χ3v) is 7.16. The number of nitrogens with zero attached hydrogens (tertiary/aromatic N) is 2. The van der Waals surface area contributed by atoms with Gasteiger partial charge in [0, 0.05) is 16.8 Å². The van der Waals surface area contributed by atoms with Crippen molar-refractivity contribution in [1.29, 1.82) is 0 Å². The zero-order valence-electron chi connectivity index (χ0n) is 17.0. The van der Waals surface area contributed by atoms with Crippen molar-refractivity contribution < 1.29 is 14.3 Å². The van der Waals surface area contributed by atoms with E-state index in [2.05, 4.69) is 41.6 Å². The SMILES string of the molecule is Cc1nnc(NC(=O)c2ccc([C@@H]3C[C@H]3NC(=O)OC(C3CC3)C(C)(C)C)s2)s1. The van der Waals surface area contributed by atoms with Crippen LogP contribution in [-0.2, 0) is 4.74 Å². The topological polar surface area (TPSA) is 93.2 Å². The predicted molar refractivity (Wildman–Crippen MR) is 114 cm³/mol. The van der Waals surface area contributed by atoms with E-state index >= 15 is 0 Å². The van der Waals surface area contributed by atoms with Gasteiger partial charge in [-0.3, -0.25) is 10.1 Å². The Morgan fingerprint density at radius 2 is 1.97 bits per heavy atom. The van der Waals surface area contributed by atoms with E-state index in [1.165, 1.54) is 22.7 Å². The van der Waals surface area contributed by atoms with Gasteiger partial charge >= 0.3 is 6.09 Å². The average Bonchev–Trinajstić information content (AvgIpc) is 3.52. The minimum Gasteiger partial charge on any atom is -0.445 e. The summed E-state index contributed by atoms with van der Waals surface area (Å²) < 4.78 is 5.76. The second-order valence-electron chi connectivity index (χ2n) is 8.90. The first-order valence-electron chi connectivity index (χ1n) is 9.89. The van der Waals surface area contributed by atoms with Gasteiger partial charge in [0.05, 0.1) is 4.88 Å². The highest BCUT2D eigenvalue weighted by Gasteiger charge is 2.44. The molecule has 156 valence electrons. The van der Waals surface area contributed by atoms with Crippen molar-refractivity contribution in [3.05, 3.63) is 26.9 Å². The number of ether oxygens (including phenoxy) is 1. The number of carbonyl (C=O) groups is 2. The fourth-order valence-corrected chi connectivity index (χ4v) is 5.20. The molecule has 3 atom stereocenters. The predicted octanol–water partition coefficient (Wildman–Crippen LogP) is 4.57. The number of rotatable bonds is 6. The zero-order chi connectivity index (χ0) is 20.8. The maximum absolute atomic E-state index is 12.4. The number of amides is 2. The highest BCUT2D eigenvalue weighted by atomic mass is 32.1. The quantitative estimate of drug-likeness (QED) is 0.695. The molecular weight excluding hydrogens is 408 g/mol. The molecule has 29 heavy (non-hydrogen) atoms. The summed E-state index contributed by atoms with van der Waals surface area (Å²) in [6, 6.07) is 3.85. The largest absolute Gasteiger partial charge is 0.445 e. The van der Waals surface area contributed by atoms with E-state index in [9.17, 15) is 9.59 Å². The van der Waals surface area contributed by atoms with Crippen molar-refractivity contribution in [1.82, 2.24) is 15.5 Å². The highest BCUT2D eigenvalue weighted by Crippen LogP contribution is 2.45. The average molecular weight is 435 g/mol. The second-order valence-corrected chi connectivity index (χ2v) is 11.2. The van der Waals surface area contributed by atoms with Gasteiger partial charge in [-0.25, -0.2) is 4.79 Å². The van der Waals surface area contributed by atoms with Gasteiger partial charge in [0.2, 0.25) is 5.13 Å². The summed E-state index contributed by atoms with van der Waals surface area (Å²) in [6.07, 6.45) is 2.78. The van der Waals surface area contributed by atoms with E-state index < -0.39 is 0 Å². The lowest BCUT2D eigenvalue weighted by atomic mass is 9.86. The summed E-state index contributed by atoms with van der Waals surface area (Å²) in [5.74, 6) is 0.553. The Bertz CT molecular complexity index is 913. The number of alkyl carbamates (subject to hydrolysis) is 1. The smallest absolute Gasteiger partial charge is 0.407 e. The van der Waals surface area contributed by atoms with Crippen LogP contribution in [0.5, 0.6) is 0 Å². The number of aromatic nitrogens is 2. The number of carbonyl (C=O) groups excluding carboxylic acids is 2. The van der Waals surface area contributed by atoms with Crippen LogP contribution in [-0.4, -0.2) is 34.3 Å². The molecule has 2 heterocycles. The number of hydrogen-bond acceptors (Lipinski definition) is 7. The first-order valence-corrected chi connectivity index (χ1v) is 11.5. The first-order chi connectivity index (χ1) is 13.7. The molecule has 0 saturated heterocycles. The highest BCUT2D eigenvalue weighted by molar-refractivity contribution is 7.16. The first kappa shape index (κ1) is 20.3. The van der Waals surface area contributed by atoms with Crippen LogP contribution in [0.25, 0.3) is 0 Å². The van der Waals surface area contributed by atoms with E-state index in [-0.39, 0.29) is 35.5 Å². The number of nitrogens with one attached hydrogen (secondary N) is 2. The monoisotopic (exact) mass is 434 g/mol. The molecule has 0 aliphatic heterocycles. The van der Waals surface area contributed by atoms with Gasteiger partial charge in [0.25, 0.3) is 5.91 Å². The van der Waals surface area contributed by atoms with Crippen molar-refractivity contribution in [2.45, 2.75) is 65.0 Å². The molecule has 2 N–H and O–H groups in total. The van der Waals surface area contributed by atoms with Crippen molar-refractivity contribution in [3.63, 3.8) is 0 Å². The zero-order valence-corrected chi connectivity index (χ0v) is 18.7. The van der Waals surface area contributed by atoms with Crippen molar-refractivity contribution in [3.8, 4) is 0 Å². The van der Waals surface area contributed by atoms with Gasteiger partial charge < -0.3 is 10.1 Å². The van der Waals surface area contributed by atoms with Crippen molar-refractivity contribution in [2.75, 3.05) is 5.32 Å². The molecule has 1 unspecified atom stereocenters. The standard InChI is InChI=1S/C20H26N4O3S2/c1-10-23-24-18(28-10)22-17(25)15-8-7-14(29-15)12-9-13(12)21-19(26)27-16(11-5-6-11)20(2,3)4/h7-8,11-13,16H,5-6,9H2,1-4H3,(H,21,26)(H,22,24,25)/t12-,13-,16?/m1/s1. The van der Waals surface area contributed by atoms with Gasteiger partial charge in [-0.05, 0) is 49.7 Å². The molecular formula is C20H26N4O3S2. The Balaban J connectivity index is 1.29. The van der Waals surface area contributed by atoms with E-state index in [1.807, 2.05) is 19.1 Å². The molecule has 2 saturated carbocycles. The Labute approximate surface area is 178 Å². The van der Waals surface area contributed by atoms with Crippen LogP contribution in [0.2, 0.25) is 0 Å². The number of hydrogen-bond donors (Lipinski definition) is 2. The van der Waals surface area contributed by atoms with Crippen LogP contribution >= 0.6 is 22.7 Å². The van der Waals surface area contributed by atoms with Crippen LogP contribution in [0.1, 0.15) is 65.5 Å². The lowest BCUT2D eigenvalue weighted by Gasteiger charge is -2.30. The Morgan fingerprint density at radius 1 is 1.21 bits per heavy atom. The maximum Gasteiger partial charge on any atom is 0.407 e. The van der Waals surface area contributed by atoms with E-state index in [4.69, 9.17) is 4.74 Å². The van der Waals surface area contributed by atoms with E-state index in [0.29, 0.717) is 15.9 Å². The second kappa shape index (κ2) is 7.68. The third kappa shape index (κ3) is 4.95. The lowest BCUT2D eigenvalue weighted by molar-refractivity contribution is 0.0168. The molecule has 0 bridgehead atoms. The summed E-state index contributed by atoms with van der Waals surface area (Å²) >= 11 is 2.80. The summed E-state index contributed by atoms with van der Waals surface area (Å²) in [4.78, 5) is 26.5. The molecule has 2 amide bonds. The Morgan fingerprint density at radius 3 is 2.59 bits per heavy atom. The number of thiophene rings is 1. The fraction of sp³-hybridized carbons (Fsp3) is 0.600. The summed E-state index contributed by atoms with van der Waals surface area (Å²) in [5, 5.41) is 14.9. The molecule has 2 aliphatic rings. The van der Waals surface area contributed by atoms with Gasteiger partial charge in [0.15, 0.2) is 0 Å². The molecule has 2 fully saturated rings. The van der Waals surface area contributed by atoms with Crippen LogP contribution in [0, 0.1) is 18.3 Å². The Hall–Kier alpha value is -2.00. The number of anilines is 1. The molecule has 4 rings (SSSR count). The summed E-state index contributed by atoms with van der Waals surface area (Å²) in [7, 11) is 0. The van der Waals surface area contributed by atoms with Gasteiger partial charge in [-0.1, -0.05) is 32.1 Å². The lowest BCUT2D eigenvalue weighted by Crippen LogP contribution is -2.38. The molecule has 0 radical (unpaired) electrons. The van der Waals surface area contributed by atoms with Crippen LogP contribution < -0.4 is 10.6 Å². The van der Waals surface area contributed by atoms with Gasteiger partial charge in [-0.15, -0.1) is 21.5 Å². The molecule has 0 spiro atoms. The van der Waals surface area contributed by atoms with E-state index in [0.717, 1.165) is 29.1 Å². The minimum atomic E-state index is -0.328. The summed E-state index contributed by atoms with van der Waals surface area (Å²) in [5.41, 5.74) is -0.0526. The van der Waals surface area contributed by atoms with Crippen molar-refractivity contribution in [2.24, 2.45) is 11.3 Å². The molecule has 2 aromatic rings. The molecule has 0 aromatic carbocycles. The molecule has 9 heteroatoms. The maximum atomic E-state index is 12.4. The third-order valence-electron chi connectivity index (χ3n) is 5.19.